The van der Waals surface area contributed by atoms with E-state index in [4.69, 9.17) is 16.3 Å². The minimum absolute atomic E-state index is 0.180. The van der Waals surface area contributed by atoms with Gasteiger partial charge in [0, 0.05) is 24.7 Å². The fraction of sp³-hybridized carbons (Fsp3) is 0.500. The van der Waals surface area contributed by atoms with Crippen molar-refractivity contribution in [2.24, 2.45) is 0 Å². The van der Waals surface area contributed by atoms with E-state index in [0.29, 0.717) is 5.52 Å². The molecule has 1 aromatic heterocycles. The first-order valence-corrected chi connectivity index (χ1v) is 6.96. The van der Waals surface area contributed by atoms with Gasteiger partial charge < -0.3 is 14.2 Å². The van der Waals surface area contributed by atoms with Gasteiger partial charge in [-0.1, -0.05) is 0 Å². The molecule has 2 aromatic rings. The van der Waals surface area contributed by atoms with Crippen LogP contribution in [0.25, 0.3) is 11.0 Å². The summed E-state index contributed by atoms with van der Waals surface area (Å²) in [5.74, 6) is 0.836. The molecule has 1 atom stereocenters. The summed E-state index contributed by atoms with van der Waals surface area (Å²) in [6, 6.07) is 3.25. The van der Waals surface area contributed by atoms with E-state index >= 15 is 0 Å². The molecule has 0 saturated carbocycles. The Morgan fingerprint density at radius 1 is 1.45 bits per heavy atom. The molecule has 0 spiro atoms. The zero-order valence-corrected chi connectivity index (χ0v) is 12.9. The van der Waals surface area contributed by atoms with E-state index in [0.717, 1.165) is 17.9 Å². The van der Waals surface area contributed by atoms with Crippen LogP contribution >= 0.6 is 11.6 Å². The smallest absolute Gasteiger partial charge is 0.167 e. The molecular formula is C14H19ClFN3O. The van der Waals surface area contributed by atoms with Crippen LogP contribution in [0.15, 0.2) is 12.1 Å². The Labute approximate surface area is 123 Å². The van der Waals surface area contributed by atoms with Crippen molar-refractivity contribution in [3.8, 4) is 5.75 Å². The first-order chi connectivity index (χ1) is 9.47. The lowest BCUT2D eigenvalue weighted by Crippen LogP contribution is -2.23. The summed E-state index contributed by atoms with van der Waals surface area (Å²) in [7, 11) is 5.48. The molecule has 0 bridgehead atoms. The van der Waals surface area contributed by atoms with Gasteiger partial charge in [0.25, 0.3) is 0 Å². The molecule has 0 N–H and O–H groups in total. The van der Waals surface area contributed by atoms with E-state index in [1.54, 1.807) is 6.07 Å². The molecule has 0 aliphatic carbocycles. The van der Waals surface area contributed by atoms with E-state index < -0.39 is 5.82 Å². The second-order valence-electron chi connectivity index (χ2n) is 5.12. The zero-order chi connectivity index (χ0) is 14.9. The number of benzene rings is 1. The van der Waals surface area contributed by atoms with Crippen molar-refractivity contribution in [3.05, 3.63) is 23.8 Å². The summed E-state index contributed by atoms with van der Waals surface area (Å²) in [5, 5.41) is 0. The Morgan fingerprint density at radius 2 is 2.15 bits per heavy atom. The molecule has 1 unspecified atom stereocenters. The van der Waals surface area contributed by atoms with E-state index in [1.165, 1.54) is 13.2 Å². The molecule has 20 heavy (non-hydrogen) atoms. The average molecular weight is 300 g/mol. The highest BCUT2D eigenvalue weighted by Gasteiger charge is 2.18. The van der Waals surface area contributed by atoms with E-state index in [1.807, 2.05) is 18.7 Å². The maximum atomic E-state index is 13.8. The number of alkyl halides is 1. The van der Waals surface area contributed by atoms with Gasteiger partial charge in [-0.25, -0.2) is 9.37 Å². The second kappa shape index (κ2) is 5.97. The number of hydrogen-bond acceptors (Lipinski definition) is 3. The summed E-state index contributed by atoms with van der Waals surface area (Å²) < 4.78 is 20.9. The number of aromatic nitrogens is 2. The Morgan fingerprint density at radius 3 is 2.70 bits per heavy atom. The second-order valence-corrected chi connectivity index (χ2v) is 5.39. The third-order valence-corrected chi connectivity index (χ3v) is 3.46. The highest BCUT2D eigenvalue weighted by atomic mass is 35.5. The minimum atomic E-state index is -0.411. The number of hydrogen-bond donors (Lipinski definition) is 0. The number of rotatable bonds is 5. The fourth-order valence-electron chi connectivity index (χ4n) is 2.50. The Bertz CT molecular complexity index is 612. The first kappa shape index (κ1) is 15.1. The quantitative estimate of drug-likeness (QED) is 0.795. The van der Waals surface area contributed by atoms with Crippen LogP contribution in [0.4, 0.5) is 4.39 Å². The van der Waals surface area contributed by atoms with Crippen molar-refractivity contribution in [3.63, 3.8) is 0 Å². The van der Waals surface area contributed by atoms with E-state index in [-0.39, 0.29) is 17.7 Å². The van der Waals surface area contributed by atoms with Gasteiger partial charge in [-0.05, 0) is 21.0 Å². The molecule has 110 valence electrons. The number of fused-ring (bicyclic) bond motifs is 1. The van der Waals surface area contributed by atoms with Crippen molar-refractivity contribution in [1.82, 2.24) is 14.5 Å². The van der Waals surface area contributed by atoms with Crippen LogP contribution in [0.2, 0.25) is 0 Å². The number of halogens is 2. The number of ether oxygens (including phenoxy) is 1. The van der Waals surface area contributed by atoms with Crippen LogP contribution in [0.3, 0.4) is 0 Å². The van der Waals surface area contributed by atoms with Crippen molar-refractivity contribution in [2.75, 3.05) is 27.7 Å². The van der Waals surface area contributed by atoms with Crippen LogP contribution in [0.1, 0.15) is 18.8 Å². The normalized spacial score (nSPS) is 13.2. The van der Waals surface area contributed by atoms with E-state index in [2.05, 4.69) is 16.8 Å². The summed E-state index contributed by atoms with van der Waals surface area (Å²) >= 11 is 5.98. The molecule has 2 rings (SSSR count). The summed E-state index contributed by atoms with van der Waals surface area (Å²) in [4.78, 5) is 6.51. The summed E-state index contributed by atoms with van der Waals surface area (Å²) in [6.07, 6.45) is 0. The van der Waals surface area contributed by atoms with Crippen LogP contribution in [0.5, 0.6) is 5.75 Å². The van der Waals surface area contributed by atoms with Gasteiger partial charge in [0.15, 0.2) is 11.6 Å². The topological polar surface area (TPSA) is 30.3 Å². The number of likely N-dealkylation sites (N-methyl/N-ethyl adjacent to an activating group) is 1. The minimum Gasteiger partial charge on any atom is -0.494 e. The average Bonchev–Trinajstić information content (AvgIpc) is 2.74. The molecule has 4 nitrogen and oxygen atoms in total. The lowest BCUT2D eigenvalue weighted by Gasteiger charge is -2.21. The van der Waals surface area contributed by atoms with Crippen molar-refractivity contribution in [1.29, 1.82) is 0 Å². The monoisotopic (exact) mass is 299 g/mol. The van der Waals surface area contributed by atoms with Crippen LogP contribution in [-0.2, 0) is 5.88 Å². The van der Waals surface area contributed by atoms with Gasteiger partial charge in [-0.3, -0.25) is 0 Å². The van der Waals surface area contributed by atoms with Crippen molar-refractivity contribution >= 4 is 22.6 Å². The lowest BCUT2D eigenvalue weighted by atomic mass is 10.2. The van der Waals surface area contributed by atoms with Gasteiger partial charge in [-0.15, -0.1) is 11.6 Å². The molecule has 0 radical (unpaired) electrons. The third kappa shape index (κ3) is 2.74. The molecule has 0 fully saturated rings. The van der Waals surface area contributed by atoms with Crippen molar-refractivity contribution in [2.45, 2.75) is 18.8 Å². The molecular weight excluding hydrogens is 281 g/mol. The Balaban J connectivity index is 2.60. The van der Waals surface area contributed by atoms with Gasteiger partial charge >= 0.3 is 0 Å². The first-order valence-electron chi connectivity index (χ1n) is 6.43. The molecule has 1 heterocycles. The predicted octanol–water partition coefficient (Wildman–Crippen LogP) is 3.05. The van der Waals surface area contributed by atoms with Gasteiger partial charge in [-0.2, -0.15) is 0 Å². The molecule has 6 heteroatoms. The van der Waals surface area contributed by atoms with Gasteiger partial charge in [0.2, 0.25) is 0 Å². The SMILES string of the molecule is COc1cc2c(cc1F)nc(CCl)n2C(C)CN(C)C. The van der Waals surface area contributed by atoms with E-state index in [9.17, 15) is 4.39 Å². The maximum absolute atomic E-state index is 13.8. The predicted molar refractivity (Wildman–Crippen MR) is 79.1 cm³/mol. The number of methoxy groups -OCH3 is 1. The highest BCUT2D eigenvalue weighted by Crippen LogP contribution is 2.28. The zero-order valence-electron chi connectivity index (χ0n) is 12.2. The molecule has 0 saturated heterocycles. The summed E-state index contributed by atoms with van der Waals surface area (Å²) in [5.41, 5.74) is 1.44. The van der Waals surface area contributed by atoms with Crippen LogP contribution in [-0.4, -0.2) is 42.2 Å². The number of nitrogens with zero attached hydrogens (tertiary/aromatic N) is 3. The standard InChI is InChI=1S/C14H19ClFN3O/c1-9(8-18(2)3)19-12-6-13(20-4)10(16)5-11(12)17-14(19)7-15/h5-6,9H,7-8H2,1-4H3. The Hall–Kier alpha value is -1.33. The Kier molecular flexibility index (Phi) is 4.50. The molecule has 0 aliphatic heterocycles. The van der Waals surface area contributed by atoms with Gasteiger partial charge in [0.05, 0.1) is 24.0 Å². The lowest BCUT2D eigenvalue weighted by molar-refractivity contribution is 0.337. The molecule has 0 amide bonds. The van der Waals surface area contributed by atoms with Gasteiger partial charge in [0.1, 0.15) is 5.82 Å². The van der Waals surface area contributed by atoms with Crippen molar-refractivity contribution < 1.29 is 9.13 Å². The van der Waals surface area contributed by atoms with Crippen LogP contribution < -0.4 is 4.74 Å². The number of imidazole rings is 1. The molecule has 1 aromatic carbocycles. The third-order valence-electron chi connectivity index (χ3n) is 3.23. The largest absolute Gasteiger partial charge is 0.494 e. The summed E-state index contributed by atoms with van der Waals surface area (Å²) in [6.45, 7) is 2.93. The molecule has 0 aliphatic rings. The maximum Gasteiger partial charge on any atom is 0.167 e. The highest BCUT2D eigenvalue weighted by molar-refractivity contribution is 6.16. The van der Waals surface area contributed by atoms with Crippen LogP contribution in [0, 0.1) is 5.82 Å². The fourth-order valence-corrected chi connectivity index (χ4v) is 2.69.